The summed E-state index contributed by atoms with van der Waals surface area (Å²) in [5.41, 5.74) is 0.916. The van der Waals surface area contributed by atoms with Gasteiger partial charge in [-0.3, -0.25) is 0 Å². The van der Waals surface area contributed by atoms with Crippen molar-refractivity contribution >= 4 is 22.5 Å². The van der Waals surface area contributed by atoms with E-state index >= 15 is 0 Å². The second-order valence-electron chi connectivity index (χ2n) is 5.66. The van der Waals surface area contributed by atoms with Crippen LogP contribution in [0.3, 0.4) is 0 Å². The number of hydrogen-bond donors (Lipinski definition) is 0. The van der Waals surface area contributed by atoms with Crippen molar-refractivity contribution in [3.05, 3.63) is 35.5 Å². The fourth-order valence-corrected chi connectivity index (χ4v) is 3.16. The normalized spacial score (nSPS) is 22.9. The zero-order valence-corrected chi connectivity index (χ0v) is 12.6. The number of nitrogens with zero attached hydrogens (tertiary/aromatic N) is 1. The minimum Gasteiger partial charge on any atom is -0.490 e. The molecule has 1 aromatic carbocycles. The molecule has 0 bridgehead atoms. The molecule has 2 aromatic rings. The van der Waals surface area contributed by atoms with Gasteiger partial charge in [0.25, 0.3) is 0 Å². The number of ether oxygens (including phenoxy) is 1. The van der Waals surface area contributed by atoms with Crippen LogP contribution in [0.2, 0.25) is 5.15 Å². The molecule has 1 heterocycles. The monoisotopic (exact) mass is 289 g/mol. The molecule has 0 amide bonds. The van der Waals surface area contributed by atoms with Crippen LogP contribution in [0.15, 0.2) is 30.3 Å². The fraction of sp³-hybridized carbons (Fsp3) is 0.471. The predicted molar refractivity (Wildman–Crippen MR) is 83.4 cm³/mol. The Bertz CT molecular complexity index is 591. The van der Waals surface area contributed by atoms with Gasteiger partial charge in [0.2, 0.25) is 0 Å². The van der Waals surface area contributed by atoms with Crippen LogP contribution in [0.1, 0.15) is 39.0 Å². The van der Waals surface area contributed by atoms with Crippen molar-refractivity contribution < 1.29 is 4.74 Å². The fourth-order valence-electron chi connectivity index (χ4n) is 3.00. The lowest BCUT2D eigenvalue weighted by atomic mass is 9.86. The summed E-state index contributed by atoms with van der Waals surface area (Å²) < 4.78 is 6.13. The van der Waals surface area contributed by atoms with E-state index in [0.29, 0.717) is 11.3 Å². The van der Waals surface area contributed by atoms with Crippen LogP contribution in [0.25, 0.3) is 10.9 Å². The number of hydrogen-bond acceptors (Lipinski definition) is 2. The van der Waals surface area contributed by atoms with E-state index in [9.17, 15) is 0 Å². The zero-order chi connectivity index (χ0) is 13.9. The predicted octanol–water partition coefficient (Wildman–Crippen LogP) is 5.24. The molecule has 0 unspecified atom stereocenters. The lowest BCUT2D eigenvalue weighted by Gasteiger charge is -2.28. The molecule has 1 fully saturated rings. The Hall–Kier alpha value is -1.28. The van der Waals surface area contributed by atoms with Gasteiger partial charge in [-0.2, -0.15) is 0 Å². The molecule has 1 aliphatic carbocycles. The molecule has 2 nitrogen and oxygen atoms in total. The van der Waals surface area contributed by atoms with E-state index in [2.05, 4.69) is 18.0 Å². The first kappa shape index (κ1) is 13.7. The summed E-state index contributed by atoms with van der Waals surface area (Å²) >= 11 is 5.90. The lowest BCUT2D eigenvalue weighted by molar-refractivity contribution is 0.130. The van der Waals surface area contributed by atoms with Crippen LogP contribution in [-0.2, 0) is 0 Å². The number of rotatable bonds is 3. The molecule has 0 N–H and O–H groups in total. The van der Waals surface area contributed by atoms with Gasteiger partial charge in [-0.15, -0.1) is 0 Å². The molecule has 106 valence electrons. The Kier molecular flexibility index (Phi) is 4.11. The van der Waals surface area contributed by atoms with Crippen LogP contribution in [-0.4, -0.2) is 11.1 Å². The summed E-state index contributed by atoms with van der Waals surface area (Å²) in [6.45, 7) is 2.29. The molecular formula is C17H20ClNO. The Morgan fingerprint density at radius 1 is 1.15 bits per heavy atom. The van der Waals surface area contributed by atoms with Gasteiger partial charge in [-0.05, 0) is 61.9 Å². The van der Waals surface area contributed by atoms with Crippen molar-refractivity contribution in [1.82, 2.24) is 4.98 Å². The molecule has 0 spiro atoms. The largest absolute Gasteiger partial charge is 0.490 e. The maximum Gasteiger partial charge on any atom is 0.129 e. The Morgan fingerprint density at radius 2 is 1.95 bits per heavy atom. The van der Waals surface area contributed by atoms with Gasteiger partial charge in [0.05, 0.1) is 11.6 Å². The minimum absolute atomic E-state index is 0.371. The lowest BCUT2D eigenvalue weighted by Crippen LogP contribution is -2.23. The second kappa shape index (κ2) is 6.01. The summed E-state index contributed by atoms with van der Waals surface area (Å²) in [6, 6.07) is 9.85. The van der Waals surface area contributed by atoms with Crippen LogP contribution in [0.4, 0.5) is 0 Å². The number of benzene rings is 1. The highest BCUT2D eigenvalue weighted by Crippen LogP contribution is 2.30. The summed E-state index contributed by atoms with van der Waals surface area (Å²) in [5, 5.41) is 1.61. The molecule has 0 aliphatic heterocycles. The Morgan fingerprint density at radius 3 is 2.70 bits per heavy atom. The highest BCUT2D eigenvalue weighted by molar-refractivity contribution is 6.29. The maximum atomic E-state index is 6.13. The van der Waals surface area contributed by atoms with Gasteiger partial charge in [-0.25, -0.2) is 4.98 Å². The van der Waals surface area contributed by atoms with Crippen LogP contribution in [0, 0.1) is 5.92 Å². The number of halogens is 1. The summed E-state index contributed by atoms with van der Waals surface area (Å²) in [6.07, 6.45) is 6.62. The molecular weight excluding hydrogens is 270 g/mol. The maximum absolute atomic E-state index is 6.13. The molecule has 20 heavy (non-hydrogen) atoms. The van der Waals surface area contributed by atoms with Gasteiger partial charge in [0.15, 0.2) is 0 Å². The van der Waals surface area contributed by atoms with Gasteiger partial charge < -0.3 is 4.74 Å². The topological polar surface area (TPSA) is 22.1 Å². The molecule has 0 saturated heterocycles. The smallest absolute Gasteiger partial charge is 0.129 e. The van der Waals surface area contributed by atoms with Crippen molar-refractivity contribution in [3.8, 4) is 5.75 Å². The summed E-state index contributed by atoms with van der Waals surface area (Å²) in [7, 11) is 0. The summed E-state index contributed by atoms with van der Waals surface area (Å²) in [5.74, 6) is 1.85. The Labute approximate surface area is 125 Å². The quantitative estimate of drug-likeness (QED) is 0.721. The molecule has 0 atom stereocenters. The van der Waals surface area contributed by atoms with Gasteiger partial charge in [0.1, 0.15) is 10.9 Å². The average Bonchev–Trinajstić information content (AvgIpc) is 2.48. The van der Waals surface area contributed by atoms with E-state index < -0.39 is 0 Å². The van der Waals surface area contributed by atoms with Crippen LogP contribution in [0.5, 0.6) is 5.75 Å². The van der Waals surface area contributed by atoms with Crippen molar-refractivity contribution in [2.75, 3.05) is 0 Å². The molecule has 3 heteroatoms. The highest BCUT2D eigenvalue weighted by atomic mass is 35.5. The number of fused-ring (bicyclic) bond motifs is 1. The SMILES string of the molecule is CCC1CCC(Oc2ccc3nc(Cl)ccc3c2)CC1. The first-order valence-electron chi connectivity index (χ1n) is 7.47. The van der Waals surface area contributed by atoms with E-state index in [1.54, 1.807) is 0 Å². The van der Waals surface area contributed by atoms with Crippen molar-refractivity contribution in [1.29, 1.82) is 0 Å². The van der Waals surface area contributed by atoms with Crippen LogP contribution >= 0.6 is 11.6 Å². The van der Waals surface area contributed by atoms with E-state index in [1.807, 2.05) is 24.3 Å². The summed E-state index contributed by atoms with van der Waals surface area (Å²) in [4.78, 5) is 4.29. The zero-order valence-electron chi connectivity index (χ0n) is 11.8. The third-order valence-corrected chi connectivity index (χ3v) is 4.51. The van der Waals surface area contributed by atoms with Gasteiger partial charge in [0, 0.05) is 5.39 Å². The van der Waals surface area contributed by atoms with Crippen LogP contribution < -0.4 is 4.74 Å². The molecule has 3 rings (SSSR count). The molecule has 0 radical (unpaired) electrons. The first-order valence-corrected chi connectivity index (χ1v) is 7.85. The Balaban J connectivity index is 1.70. The average molecular weight is 290 g/mol. The number of pyridine rings is 1. The van der Waals surface area contributed by atoms with E-state index in [1.165, 1.54) is 32.1 Å². The van der Waals surface area contributed by atoms with E-state index in [-0.39, 0.29) is 0 Å². The third-order valence-electron chi connectivity index (χ3n) is 4.30. The third kappa shape index (κ3) is 3.06. The molecule has 1 aromatic heterocycles. The van der Waals surface area contributed by atoms with E-state index in [0.717, 1.165) is 22.6 Å². The molecule has 1 saturated carbocycles. The first-order chi connectivity index (χ1) is 9.74. The van der Waals surface area contributed by atoms with Crippen molar-refractivity contribution in [2.24, 2.45) is 5.92 Å². The molecule has 1 aliphatic rings. The van der Waals surface area contributed by atoms with E-state index in [4.69, 9.17) is 16.3 Å². The second-order valence-corrected chi connectivity index (χ2v) is 6.04. The highest BCUT2D eigenvalue weighted by Gasteiger charge is 2.21. The standard InChI is InChI=1S/C17H20ClNO/c1-2-12-3-6-14(7-4-12)20-15-8-9-16-13(11-15)5-10-17(18)19-16/h5,8-12,14H,2-4,6-7H2,1H3. The van der Waals surface area contributed by atoms with Crippen molar-refractivity contribution in [3.63, 3.8) is 0 Å². The minimum atomic E-state index is 0.371. The van der Waals surface area contributed by atoms with Gasteiger partial charge >= 0.3 is 0 Å². The van der Waals surface area contributed by atoms with Gasteiger partial charge in [-0.1, -0.05) is 24.9 Å². The number of aromatic nitrogens is 1. The van der Waals surface area contributed by atoms with Crippen molar-refractivity contribution in [2.45, 2.75) is 45.1 Å².